The highest BCUT2D eigenvalue weighted by atomic mass is 16.5. The Kier molecular flexibility index (Phi) is 4.10. The molecule has 4 nitrogen and oxygen atoms in total. The Labute approximate surface area is 129 Å². The molecule has 0 aliphatic rings. The number of aromatic nitrogens is 2. The van der Waals surface area contributed by atoms with Gasteiger partial charge in [0.25, 0.3) is 0 Å². The molecule has 0 spiro atoms. The number of para-hydroxylation sites is 1. The van der Waals surface area contributed by atoms with Crippen molar-refractivity contribution in [1.82, 2.24) is 9.55 Å². The van der Waals surface area contributed by atoms with Crippen molar-refractivity contribution in [2.75, 3.05) is 7.11 Å². The molecule has 4 heteroatoms. The lowest BCUT2D eigenvalue weighted by Crippen LogP contribution is -2.05. The highest BCUT2D eigenvalue weighted by Crippen LogP contribution is 2.21. The van der Waals surface area contributed by atoms with E-state index in [0.29, 0.717) is 0 Å². The maximum atomic E-state index is 9.36. The zero-order valence-electron chi connectivity index (χ0n) is 12.4. The lowest BCUT2D eigenvalue weighted by molar-refractivity contribution is 0.410. The van der Waals surface area contributed by atoms with Gasteiger partial charge in [-0.1, -0.05) is 30.3 Å². The van der Waals surface area contributed by atoms with Crippen LogP contribution in [0.3, 0.4) is 0 Å². The summed E-state index contributed by atoms with van der Waals surface area (Å²) in [7, 11) is 1.68. The van der Waals surface area contributed by atoms with Gasteiger partial charge in [0.2, 0.25) is 0 Å². The number of phenolic OH excluding ortho intramolecular Hbond substituents is 1. The number of benzene rings is 2. The van der Waals surface area contributed by atoms with Crippen LogP contribution in [0, 0.1) is 0 Å². The summed E-state index contributed by atoms with van der Waals surface area (Å²) in [5.74, 6) is 2.14. The molecule has 0 amide bonds. The average molecular weight is 294 g/mol. The maximum absolute atomic E-state index is 9.36. The quantitative estimate of drug-likeness (QED) is 0.786. The van der Waals surface area contributed by atoms with E-state index in [1.165, 1.54) is 0 Å². The largest absolute Gasteiger partial charge is 0.508 e. The third kappa shape index (κ3) is 3.11. The summed E-state index contributed by atoms with van der Waals surface area (Å²) in [6.07, 6.45) is 4.50. The standard InChI is InChI=1S/C18H18N2O2/c1-22-17-5-3-2-4-15(17)12-18-19-10-11-20(18)13-14-6-8-16(21)9-7-14/h2-11,21H,12-13H2,1H3. The lowest BCUT2D eigenvalue weighted by Gasteiger charge is -2.11. The highest BCUT2D eigenvalue weighted by molar-refractivity contribution is 5.35. The molecule has 112 valence electrons. The molecular formula is C18H18N2O2. The molecule has 0 aliphatic carbocycles. The first-order chi connectivity index (χ1) is 10.8. The summed E-state index contributed by atoms with van der Waals surface area (Å²) in [6.45, 7) is 0.727. The molecule has 1 N–H and O–H groups in total. The molecule has 1 aromatic heterocycles. The van der Waals surface area contributed by atoms with Gasteiger partial charge in [0, 0.05) is 30.9 Å². The van der Waals surface area contributed by atoms with Crippen LogP contribution >= 0.6 is 0 Å². The van der Waals surface area contributed by atoms with Gasteiger partial charge in [-0.15, -0.1) is 0 Å². The minimum atomic E-state index is 0.281. The molecule has 0 bridgehead atoms. The van der Waals surface area contributed by atoms with Crippen molar-refractivity contribution in [2.24, 2.45) is 0 Å². The van der Waals surface area contributed by atoms with E-state index in [9.17, 15) is 5.11 Å². The van der Waals surface area contributed by atoms with Crippen LogP contribution in [0.25, 0.3) is 0 Å². The van der Waals surface area contributed by atoms with Gasteiger partial charge in [0.05, 0.1) is 7.11 Å². The molecule has 3 rings (SSSR count). The van der Waals surface area contributed by atoms with Gasteiger partial charge in [0.1, 0.15) is 17.3 Å². The number of aromatic hydroxyl groups is 1. The molecule has 22 heavy (non-hydrogen) atoms. The summed E-state index contributed by atoms with van der Waals surface area (Å²) in [6, 6.07) is 15.2. The number of imidazole rings is 1. The number of methoxy groups -OCH3 is 1. The molecule has 2 aromatic carbocycles. The predicted octanol–water partition coefficient (Wildman–Crippen LogP) is 3.24. The number of ether oxygens (including phenoxy) is 1. The summed E-state index contributed by atoms with van der Waals surface area (Å²) in [5, 5.41) is 9.36. The smallest absolute Gasteiger partial charge is 0.122 e. The van der Waals surface area contributed by atoms with Gasteiger partial charge in [-0.05, 0) is 23.8 Å². The topological polar surface area (TPSA) is 47.3 Å². The van der Waals surface area contributed by atoms with E-state index in [0.717, 1.165) is 35.7 Å². The van der Waals surface area contributed by atoms with Gasteiger partial charge in [-0.3, -0.25) is 0 Å². The molecule has 0 atom stereocenters. The van der Waals surface area contributed by atoms with E-state index >= 15 is 0 Å². The normalized spacial score (nSPS) is 10.6. The van der Waals surface area contributed by atoms with E-state index in [1.807, 2.05) is 42.7 Å². The van der Waals surface area contributed by atoms with E-state index < -0.39 is 0 Å². The van der Waals surface area contributed by atoms with Crippen LogP contribution in [0.2, 0.25) is 0 Å². The second kappa shape index (κ2) is 6.35. The van der Waals surface area contributed by atoms with E-state index in [-0.39, 0.29) is 5.75 Å². The lowest BCUT2D eigenvalue weighted by atomic mass is 10.1. The van der Waals surface area contributed by atoms with Crippen LogP contribution in [-0.4, -0.2) is 21.8 Å². The maximum Gasteiger partial charge on any atom is 0.122 e. The number of hydrogen-bond donors (Lipinski definition) is 1. The second-order valence-electron chi connectivity index (χ2n) is 5.13. The van der Waals surface area contributed by atoms with Crippen molar-refractivity contribution in [3.8, 4) is 11.5 Å². The third-order valence-corrected chi connectivity index (χ3v) is 3.63. The first-order valence-electron chi connectivity index (χ1n) is 7.16. The van der Waals surface area contributed by atoms with Crippen molar-refractivity contribution < 1.29 is 9.84 Å². The number of rotatable bonds is 5. The number of hydrogen-bond acceptors (Lipinski definition) is 3. The van der Waals surface area contributed by atoms with Crippen molar-refractivity contribution in [3.63, 3.8) is 0 Å². The SMILES string of the molecule is COc1ccccc1Cc1nccn1Cc1ccc(O)cc1. The molecule has 1 heterocycles. The van der Waals surface area contributed by atoms with Crippen molar-refractivity contribution in [2.45, 2.75) is 13.0 Å². The fourth-order valence-electron chi connectivity index (χ4n) is 2.47. The van der Waals surface area contributed by atoms with Gasteiger partial charge in [0.15, 0.2) is 0 Å². The van der Waals surface area contributed by atoms with Gasteiger partial charge in [-0.2, -0.15) is 0 Å². The Morgan fingerprint density at radius 1 is 1.09 bits per heavy atom. The molecule has 3 aromatic rings. The van der Waals surface area contributed by atoms with E-state index in [2.05, 4.69) is 15.6 Å². The molecule has 0 saturated carbocycles. The summed E-state index contributed by atoms with van der Waals surface area (Å²) in [5.41, 5.74) is 2.24. The van der Waals surface area contributed by atoms with Crippen molar-refractivity contribution in [3.05, 3.63) is 77.9 Å². The first-order valence-corrected chi connectivity index (χ1v) is 7.16. The highest BCUT2D eigenvalue weighted by Gasteiger charge is 2.08. The zero-order valence-corrected chi connectivity index (χ0v) is 12.4. The van der Waals surface area contributed by atoms with Crippen LogP contribution in [0.5, 0.6) is 11.5 Å². The molecule has 0 fully saturated rings. The average Bonchev–Trinajstić information content (AvgIpc) is 2.97. The molecule has 0 aliphatic heterocycles. The first kappa shape index (κ1) is 14.2. The van der Waals surface area contributed by atoms with Crippen LogP contribution in [0.1, 0.15) is 17.0 Å². The van der Waals surface area contributed by atoms with Crippen LogP contribution in [0.15, 0.2) is 60.9 Å². The molecule has 0 unspecified atom stereocenters. The number of phenols is 1. The molecular weight excluding hydrogens is 276 g/mol. The minimum absolute atomic E-state index is 0.281. The summed E-state index contributed by atoms with van der Waals surface area (Å²) in [4.78, 5) is 4.46. The Balaban J connectivity index is 1.81. The fourth-order valence-corrected chi connectivity index (χ4v) is 2.47. The Bertz CT molecular complexity index is 748. The summed E-state index contributed by atoms with van der Waals surface area (Å²) < 4.78 is 7.51. The zero-order chi connectivity index (χ0) is 15.4. The Hall–Kier alpha value is -2.75. The Morgan fingerprint density at radius 3 is 2.64 bits per heavy atom. The number of nitrogens with zero attached hydrogens (tertiary/aromatic N) is 2. The van der Waals surface area contributed by atoms with Gasteiger partial charge in [-0.25, -0.2) is 4.98 Å². The predicted molar refractivity (Wildman–Crippen MR) is 85.2 cm³/mol. The van der Waals surface area contributed by atoms with Crippen LogP contribution < -0.4 is 4.74 Å². The van der Waals surface area contributed by atoms with E-state index in [1.54, 1.807) is 19.2 Å². The Morgan fingerprint density at radius 2 is 1.86 bits per heavy atom. The van der Waals surface area contributed by atoms with Gasteiger partial charge < -0.3 is 14.4 Å². The van der Waals surface area contributed by atoms with Crippen LogP contribution in [-0.2, 0) is 13.0 Å². The van der Waals surface area contributed by atoms with Crippen molar-refractivity contribution >= 4 is 0 Å². The van der Waals surface area contributed by atoms with Crippen LogP contribution in [0.4, 0.5) is 0 Å². The minimum Gasteiger partial charge on any atom is -0.508 e. The molecule has 0 saturated heterocycles. The monoisotopic (exact) mass is 294 g/mol. The van der Waals surface area contributed by atoms with Crippen molar-refractivity contribution in [1.29, 1.82) is 0 Å². The third-order valence-electron chi connectivity index (χ3n) is 3.63. The summed E-state index contributed by atoms with van der Waals surface area (Å²) >= 11 is 0. The van der Waals surface area contributed by atoms with E-state index in [4.69, 9.17) is 4.74 Å². The second-order valence-corrected chi connectivity index (χ2v) is 5.13. The fraction of sp³-hybridized carbons (Fsp3) is 0.167. The van der Waals surface area contributed by atoms with Gasteiger partial charge >= 0.3 is 0 Å². The molecule has 0 radical (unpaired) electrons.